The van der Waals surface area contributed by atoms with E-state index in [2.05, 4.69) is 3.63 Å². The quantitative estimate of drug-likeness (QED) is 0.223. The Labute approximate surface area is 209 Å². The predicted octanol–water partition coefficient (Wildman–Crippen LogP) is 7.04. The van der Waals surface area contributed by atoms with Gasteiger partial charge in [-0.05, 0) is 13.2 Å². The van der Waals surface area contributed by atoms with Crippen LogP contribution in [0.15, 0.2) is 0 Å². The first-order valence-electron chi connectivity index (χ1n) is 9.29. The largest absolute Gasteiger partial charge is 0.460 e. The van der Waals surface area contributed by atoms with Crippen LogP contribution in [0, 0.1) is 0 Å². The van der Waals surface area contributed by atoms with Crippen molar-refractivity contribution in [2.45, 2.75) is 79.4 Å². The van der Waals surface area contributed by atoms with Crippen LogP contribution in [0.3, 0.4) is 0 Å². The van der Waals surface area contributed by atoms with Crippen molar-refractivity contribution in [1.82, 2.24) is 0 Å². The third-order valence-electron chi connectivity index (χ3n) is 5.02. The first-order valence-corrected chi connectivity index (χ1v) is 12.8. The molecule has 0 heterocycles. The van der Waals surface area contributed by atoms with Crippen LogP contribution >= 0.6 is 10.3 Å². The van der Waals surface area contributed by atoms with Gasteiger partial charge in [0, 0.05) is 4.75 Å². The Kier molecular flexibility index (Phi) is 9.34. The normalized spacial score (nSPS) is 18.5. The molecule has 0 fully saturated rings. The predicted molar refractivity (Wildman–Crippen MR) is 99.5 cm³/mol. The minimum atomic E-state index is -8.93. The number of rotatable bonds is 11. The molecule has 0 saturated heterocycles. The molecular weight excluding hydrogens is 643 g/mol. The van der Waals surface area contributed by atoms with E-state index >= 15 is 0 Å². The Morgan fingerprint density at radius 1 is 0.590 bits per heavy atom. The van der Waals surface area contributed by atoms with Crippen LogP contribution < -0.4 is 0 Å². The minimum Gasteiger partial charge on any atom is -0.299 e. The van der Waals surface area contributed by atoms with Crippen molar-refractivity contribution in [3.63, 3.8) is 0 Å². The van der Waals surface area contributed by atoms with Crippen molar-refractivity contribution in [2.24, 2.45) is 0 Å². The molecule has 0 saturated carbocycles. The molecule has 0 aliphatic heterocycles. The van der Waals surface area contributed by atoms with Gasteiger partial charge in [-0.25, -0.2) is 3.63 Å². The molecule has 39 heavy (non-hydrogen) atoms. The number of halogens is 17. The van der Waals surface area contributed by atoms with Gasteiger partial charge >= 0.3 is 57.1 Å². The minimum absolute atomic E-state index is 0.515. The maximum absolute atomic E-state index is 14.3. The monoisotopic (exact) mass is 660 g/mol. The topological polar surface area (TPSA) is 60.4 Å². The van der Waals surface area contributed by atoms with Crippen LogP contribution in [0.5, 0.6) is 0 Å². The maximum Gasteiger partial charge on any atom is 0.460 e. The van der Waals surface area contributed by atoms with E-state index in [-0.39, 0.29) is 0 Å². The first kappa shape index (κ1) is 37.7. The summed E-state index contributed by atoms with van der Waals surface area (Å²) in [4.78, 5) is 11.4. The molecule has 0 aromatic heterocycles. The van der Waals surface area contributed by atoms with Gasteiger partial charge in [-0.15, -0.1) is 10.3 Å². The summed E-state index contributed by atoms with van der Waals surface area (Å²) in [5, 5.41) is -7.79. The Bertz CT molecular complexity index is 1040. The van der Waals surface area contributed by atoms with Crippen molar-refractivity contribution < 1.29 is 91.5 Å². The van der Waals surface area contributed by atoms with Crippen LogP contribution in [0.4, 0.5) is 74.6 Å². The molecule has 4 nitrogen and oxygen atoms in total. The summed E-state index contributed by atoms with van der Waals surface area (Å²) in [7, 11) is -11.8. The summed E-state index contributed by atoms with van der Waals surface area (Å²) in [5.41, 5.74) is 0. The van der Waals surface area contributed by atoms with Crippen LogP contribution in [-0.4, -0.2) is 77.9 Å². The van der Waals surface area contributed by atoms with Crippen LogP contribution in [0.25, 0.3) is 0 Å². The molecule has 0 aromatic carbocycles. The zero-order valence-electron chi connectivity index (χ0n) is 19.6. The highest BCUT2D eigenvalue weighted by atomic mass is 32.3. The first-order chi connectivity index (χ1) is 16.4. The molecule has 0 aliphatic rings. The van der Waals surface area contributed by atoms with Crippen molar-refractivity contribution in [2.75, 3.05) is 12.0 Å². The molecule has 0 bridgehead atoms. The van der Waals surface area contributed by atoms with E-state index in [1.165, 1.54) is 0 Å². The third-order valence-corrected chi connectivity index (χ3v) is 11.4. The molecule has 0 N–H and O–H groups in total. The Hall–Kier alpha value is -1.26. The zero-order valence-corrected chi connectivity index (χ0v) is 21.2. The Morgan fingerprint density at radius 3 is 1.13 bits per heavy atom. The summed E-state index contributed by atoms with van der Waals surface area (Å²) >= 11 is 0. The van der Waals surface area contributed by atoms with Gasteiger partial charge in [0.1, 0.15) is 5.78 Å². The second kappa shape index (κ2) is 9.65. The summed E-state index contributed by atoms with van der Waals surface area (Å²) in [6.07, 6.45) is -7.40. The highest BCUT2D eigenvalue weighted by molar-refractivity contribution is 8.33. The molecule has 0 aromatic rings. The maximum atomic E-state index is 14.3. The lowest BCUT2D eigenvalue weighted by molar-refractivity contribution is -0.458. The number of hydrogen-bond donors (Lipinski definition) is 0. The number of carbonyl (C=O) groups excluding carboxylic acids is 1. The number of Topliss-reactive ketones (excluding diaryl/α,β-unsaturated/α-hetero) is 1. The molecule has 0 spiro atoms. The number of carbonyl (C=O) groups is 1. The molecular formula is C16H17F17O4S2. The van der Waals surface area contributed by atoms with E-state index < -0.39 is 83.7 Å². The van der Waals surface area contributed by atoms with Crippen molar-refractivity contribution in [1.29, 1.82) is 0 Å². The van der Waals surface area contributed by atoms with E-state index in [0.717, 1.165) is 20.8 Å². The molecule has 0 radical (unpaired) electrons. The average Bonchev–Trinajstić information content (AvgIpc) is 2.63. The summed E-state index contributed by atoms with van der Waals surface area (Å²) in [6.45, 7) is 3.42. The SMILES string of the molecule is CC(=O)CS(C)(OS(=O)(=O)C(F)(F)C(F)(F)C(F)(F)C(F)(F)C(F)(F)C(F)(F)C(F)(F)C(F)(F)F)C(C)(C)C. The highest BCUT2D eigenvalue weighted by Crippen LogP contribution is 2.66. The molecule has 236 valence electrons. The zero-order chi connectivity index (χ0) is 32.5. The van der Waals surface area contributed by atoms with E-state index in [1.54, 1.807) is 0 Å². The van der Waals surface area contributed by atoms with Gasteiger partial charge in [0.15, 0.2) is 0 Å². The molecule has 0 rings (SSSR count). The molecule has 1 unspecified atom stereocenters. The molecule has 0 amide bonds. The van der Waals surface area contributed by atoms with Crippen molar-refractivity contribution in [3.05, 3.63) is 0 Å². The van der Waals surface area contributed by atoms with Gasteiger partial charge < -0.3 is 0 Å². The Morgan fingerprint density at radius 2 is 0.872 bits per heavy atom. The summed E-state index contributed by atoms with van der Waals surface area (Å²) in [5.74, 6) is -54.5. The lowest BCUT2D eigenvalue weighted by Gasteiger charge is -2.46. The van der Waals surface area contributed by atoms with Gasteiger partial charge in [0.25, 0.3) is 0 Å². The third kappa shape index (κ3) is 5.39. The van der Waals surface area contributed by atoms with Gasteiger partial charge in [-0.3, -0.25) is 4.79 Å². The smallest absolute Gasteiger partial charge is 0.299 e. The van der Waals surface area contributed by atoms with E-state index in [9.17, 15) is 87.8 Å². The van der Waals surface area contributed by atoms with Crippen LogP contribution in [-0.2, 0) is 18.5 Å². The second-order valence-electron chi connectivity index (χ2n) is 8.95. The van der Waals surface area contributed by atoms with Gasteiger partial charge in [-0.2, -0.15) is 83.1 Å². The fraction of sp³-hybridized carbons (Fsp3) is 0.938. The molecule has 1 atom stereocenters. The fourth-order valence-corrected chi connectivity index (χ4v) is 6.86. The van der Waals surface area contributed by atoms with Crippen molar-refractivity contribution in [3.8, 4) is 0 Å². The number of hydrogen-bond acceptors (Lipinski definition) is 4. The molecule has 0 aliphatic carbocycles. The average molecular weight is 660 g/mol. The highest BCUT2D eigenvalue weighted by Gasteiger charge is 2.96. The van der Waals surface area contributed by atoms with Crippen LogP contribution in [0.1, 0.15) is 27.7 Å². The standard InChI is InChI=1S/C16H17F17O4S2/c1-7(34)6-38(5,8(2,3)4)37-39(35,36)16(32,33)14(27,28)12(23,24)10(19,20)9(17,18)11(21,22)13(25,26)15(29,30)31/h6H2,1-5H3. The van der Waals surface area contributed by atoms with E-state index in [4.69, 9.17) is 0 Å². The Balaban J connectivity index is 7.13. The lowest BCUT2D eigenvalue weighted by atomic mass is 9.91. The van der Waals surface area contributed by atoms with Gasteiger partial charge in [0.2, 0.25) is 0 Å². The number of ketones is 1. The van der Waals surface area contributed by atoms with Crippen LogP contribution in [0.2, 0.25) is 0 Å². The van der Waals surface area contributed by atoms with Gasteiger partial charge in [-0.1, -0.05) is 20.8 Å². The van der Waals surface area contributed by atoms with E-state index in [0.29, 0.717) is 13.2 Å². The molecule has 23 heteroatoms. The lowest BCUT2D eigenvalue weighted by Crippen LogP contribution is -2.75. The van der Waals surface area contributed by atoms with Gasteiger partial charge in [0.05, 0.1) is 5.75 Å². The second-order valence-corrected chi connectivity index (χ2v) is 14.4. The summed E-state index contributed by atoms with van der Waals surface area (Å²) in [6, 6.07) is 0. The van der Waals surface area contributed by atoms with Crippen molar-refractivity contribution >= 4 is 26.2 Å². The summed E-state index contributed by atoms with van der Waals surface area (Å²) < 4.78 is 253. The number of alkyl halides is 17. The fourth-order valence-electron chi connectivity index (χ4n) is 2.28. The van der Waals surface area contributed by atoms with E-state index in [1.807, 2.05) is 0 Å².